The van der Waals surface area contributed by atoms with Crippen molar-refractivity contribution in [1.29, 1.82) is 0 Å². The van der Waals surface area contributed by atoms with Gasteiger partial charge in [-0.15, -0.1) is 0 Å². The van der Waals surface area contributed by atoms with Crippen LogP contribution in [-0.2, 0) is 6.54 Å². The number of rotatable bonds is 4. The maximum atomic E-state index is 11.6. The van der Waals surface area contributed by atoms with Gasteiger partial charge in [-0.05, 0) is 24.4 Å². The lowest BCUT2D eigenvalue weighted by Gasteiger charge is -2.16. The highest BCUT2D eigenvalue weighted by atomic mass is 32.1. The summed E-state index contributed by atoms with van der Waals surface area (Å²) in [7, 11) is 0. The van der Waals surface area contributed by atoms with Crippen LogP contribution < -0.4 is 15.7 Å². The average Bonchev–Trinajstić information content (AvgIpc) is 2.92. The number of nitrogens with zero attached hydrogens (tertiary/aromatic N) is 1. The summed E-state index contributed by atoms with van der Waals surface area (Å²) in [6, 6.07) is 6.91. The fourth-order valence-corrected chi connectivity index (χ4v) is 1.66. The molecule has 2 rings (SSSR count). The fraction of sp³-hybridized carbons (Fsp3) is 0.0833. The van der Waals surface area contributed by atoms with Crippen LogP contribution in [0, 0.1) is 10.1 Å². The van der Waals surface area contributed by atoms with Gasteiger partial charge in [0.2, 0.25) is 0 Å². The number of anilines is 1. The number of non-ortho nitro benzene ring substituents is 1. The summed E-state index contributed by atoms with van der Waals surface area (Å²) in [5.74, 6) is 0.299. The van der Waals surface area contributed by atoms with Gasteiger partial charge in [0, 0.05) is 17.8 Å². The van der Waals surface area contributed by atoms with E-state index in [1.54, 1.807) is 12.1 Å². The lowest BCUT2D eigenvalue weighted by atomic mass is 10.2. The minimum absolute atomic E-state index is 0.0520. The molecular formula is C12H10N3O4S-. The molecule has 0 radical (unpaired) electrons. The van der Waals surface area contributed by atoms with Crippen LogP contribution in [0.1, 0.15) is 5.76 Å². The van der Waals surface area contributed by atoms with Crippen LogP contribution in [0.4, 0.5) is 11.4 Å². The molecule has 0 aliphatic heterocycles. The first-order valence-corrected chi connectivity index (χ1v) is 6.00. The Morgan fingerprint density at radius 1 is 1.40 bits per heavy atom. The molecule has 0 bridgehead atoms. The normalized spacial score (nSPS) is 10.0. The zero-order valence-corrected chi connectivity index (χ0v) is 11.0. The number of nitro benzene ring substituents is 1. The molecule has 0 unspecified atom stereocenters. The van der Waals surface area contributed by atoms with Gasteiger partial charge in [-0.3, -0.25) is 10.1 Å². The van der Waals surface area contributed by atoms with E-state index >= 15 is 0 Å². The summed E-state index contributed by atoms with van der Waals surface area (Å²) in [4.78, 5) is 10.1. The van der Waals surface area contributed by atoms with E-state index in [-0.39, 0.29) is 22.2 Å². The monoisotopic (exact) mass is 292 g/mol. The van der Waals surface area contributed by atoms with Crippen molar-refractivity contribution in [2.45, 2.75) is 6.54 Å². The molecule has 1 aromatic heterocycles. The quantitative estimate of drug-likeness (QED) is 0.502. The van der Waals surface area contributed by atoms with Gasteiger partial charge in [-0.1, -0.05) is 11.8 Å². The molecule has 104 valence electrons. The van der Waals surface area contributed by atoms with E-state index in [0.717, 1.165) is 18.2 Å². The van der Waals surface area contributed by atoms with Crippen molar-refractivity contribution < 1.29 is 14.4 Å². The van der Waals surface area contributed by atoms with Gasteiger partial charge in [-0.25, -0.2) is 0 Å². The van der Waals surface area contributed by atoms with Crippen molar-refractivity contribution in [2.75, 3.05) is 5.32 Å². The topological polar surface area (TPSA) is 103 Å². The Bertz CT molecular complexity index is 628. The van der Waals surface area contributed by atoms with Crippen molar-refractivity contribution in [3.05, 3.63) is 52.5 Å². The molecule has 2 N–H and O–H groups in total. The van der Waals surface area contributed by atoms with E-state index in [1.807, 2.05) is 0 Å². The third kappa shape index (κ3) is 3.45. The van der Waals surface area contributed by atoms with E-state index < -0.39 is 4.92 Å². The Balaban J connectivity index is 2.00. The van der Waals surface area contributed by atoms with Crippen LogP contribution in [0.5, 0.6) is 5.75 Å². The Morgan fingerprint density at radius 3 is 2.85 bits per heavy atom. The lowest BCUT2D eigenvalue weighted by molar-refractivity contribution is -0.385. The molecule has 1 heterocycles. The van der Waals surface area contributed by atoms with Gasteiger partial charge < -0.3 is 20.2 Å². The van der Waals surface area contributed by atoms with Gasteiger partial charge in [-0.2, -0.15) is 0 Å². The molecule has 0 aliphatic carbocycles. The second-order valence-electron chi connectivity index (χ2n) is 3.82. The molecule has 0 saturated heterocycles. The third-order valence-corrected chi connectivity index (χ3v) is 2.67. The average molecular weight is 292 g/mol. The predicted octanol–water partition coefficient (Wildman–Crippen LogP) is 1.75. The molecule has 0 fully saturated rings. The molecule has 8 heteroatoms. The maximum absolute atomic E-state index is 11.6. The number of nitrogens with one attached hydrogen (secondary N) is 2. The van der Waals surface area contributed by atoms with Crippen LogP contribution in [0.2, 0.25) is 0 Å². The number of benzene rings is 1. The number of furan rings is 1. The minimum atomic E-state index is -0.579. The number of nitro groups is 1. The number of hydrogen-bond acceptors (Lipinski definition) is 5. The lowest BCUT2D eigenvalue weighted by Crippen LogP contribution is -2.28. The van der Waals surface area contributed by atoms with Crippen LogP contribution in [0.15, 0.2) is 41.0 Å². The smallest absolute Gasteiger partial charge is 0.271 e. The van der Waals surface area contributed by atoms with Crippen LogP contribution >= 0.6 is 12.2 Å². The molecule has 0 spiro atoms. The summed E-state index contributed by atoms with van der Waals surface area (Å²) in [5.41, 5.74) is -0.128. The predicted molar refractivity (Wildman–Crippen MR) is 74.3 cm³/mol. The highest BCUT2D eigenvalue weighted by Gasteiger charge is 2.08. The van der Waals surface area contributed by atoms with E-state index in [1.165, 1.54) is 6.26 Å². The van der Waals surface area contributed by atoms with E-state index in [4.69, 9.17) is 16.6 Å². The first-order valence-electron chi connectivity index (χ1n) is 5.59. The van der Waals surface area contributed by atoms with Crippen molar-refractivity contribution in [2.24, 2.45) is 0 Å². The summed E-state index contributed by atoms with van der Waals surface area (Å²) >= 11 is 5.01. The highest BCUT2D eigenvalue weighted by Crippen LogP contribution is 2.25. The molecule has 20 heavy (non-hydrogen) atoms. The highest BCUT2D eigenvalue weighted by molar-refractivity contribution is 7.80. The molecule has 0 amide bonds. The summed E-state index contributed by atoms with van der Waals surface area (Å²) < 4.78 is 5.11. The van der Waals surface area contributed by atoms with Crippen LogP contribution in [0.25, 0.3) is 0 Å². The number of thiocarbonyl (C=S) groups is 1. The van der Waals surface area contributed by atoms with Gasteiger partial charge in [0.15, 0.2) is 5.11 Å². The Kier molecular flexibility index (Phi) is 4.16. The van der Waals surface area contributed by atoms with Gasteiger partial charge in [0.25, 0.3) is 5.69 Å². The molecule has 0 aliphatic rings. The van der Waals surface area contributed by atoms with Gasteiger partial charge >= 0.3 is 0 Å². The first-order chi connectivity index (χ1) is 9.56. The summed E-state index contributed by atoms with van der Waals surface area (Å²) in [5, 5.41) is 27.9. The van der Waals surface area contributed by atoms with Crippen molar-refractivity contribution in [1.82, 2.24) is 5.32 Å². The largest absolute Gasteiger partial charge is 0.871 e. The minimum Gasteiger partial charge on any atom is -0.871 e. The fourth-order valence-electron chi connectivity index (χ4n) is 1.48. The van der Waals surface area contributed by atoms with Gasteiger partial charge in [0.05, 0.1) is 17.7 Å². The summed E-state index contributed by atoms with van der Waals surface area (Å²) in [6.45, 7) is 0.349. The van der Waals surface area contributed by atoms with Crippen LogP contribution in [-0.4, -0.2) is 10.0 Å². The Morgan fingerprint density at radius 2 is 2.20 bits per heavy atom. The van der Waals surface area contributed by atoms with Crippen molar-refractivity contribution in [3.8, 4) is 5.75 Å². The van der Waals surface area contributed by atoms with Gasteiger partial charge in [0.1, 0.15) is 5.76 Å². The molecule has 7 nitrogen and oxygen atoms in total. The van der Waals surface area contributed by atoms with Crippen molar-refractivity contribution >= 4 is 28.7 Å². The molecular weight excluding hydrogens is 282 g/mol. The second-order valence-corrected chi connectivity index (χ2v) is 4.23. The number of hydrogen-bond donors (Lipinski definition) is 2. The van der Waals surface area contributed by atoms with Crippen LogP contribution in [0.3, 0.4) is 0 Å². The Labute approximate surface area is 119 Å². The molecule has 0 atom stereocenters. The second kappa shape index (κ2) is 6.02. The molecule has 0 saturated carbocycles. The Hall–Kier alpha value is -2.61. The maximum Gasteiger partial charge on any atom is 0.271 e. The summed E-state index contributed by atoms with van der Waals surface area (Å²) in [6.07, 6.45) is 1.53. The van der Waals surface area contributed by atoms with E-state index in [0.29, 0.717) is 12.3 Å². The molecule has 2 aromatic rings. The standard InChI is InChI=1S/C12H11N3O4S/c16-11-4-3-8(15(17)18)6-10(11)14-12(20)13-7-9-2-1-5-19-9/h1-6,16H,7H2,(H2,13,14,20)/p-1. The first kappa shape index (κ1) is 13.8. The van der Waals surface area contributed by atoms with Crippen molar-refractivity contribution in [3.63, 3.8) is 0 Å². The van der Waals surface area contributed by atoms with E-state index in [9.17, 15) is 15.2 Å². The zero-order chi connectivity index (χ0) is 14.5. The SMILES string of the molecule is O=[N+]([O-])c1ccc([O-])c(NC(=S)NCc2ccco2)c1. The third-order valence-electron chi connectivity index (χ3n) is 2.43. The van der Waals surface area contributed by atoms with E-state index in [2.05, 4.69) is 10.6 Å². The molecule has 1 aromatic carbocycles. The zero-order valence-electron chi connectivity index (χ0n) is 10.2.